The zero-order valence-corrected chi connectivity index (χ0v) is 6.80. The molecule has 4 heteroatoms. The molecule has 0 heterocycles. The van der Waals surface area contributed by atoms with Crippen LogP contribution in [-0.4, -0.2) is 22.8 Å². The van der Waals surface area contributed by atoms with E-state index in [9.17, 15) is 9.18 Å². The lowest BCUT2D eigenvalue weighted by molar-refractivity contribution is -0.138. The summed E-state index contributed by atoms with van der Waals surface area (Å²) in [5.74, 6) is -1.07. The first-order valence-electron chi connectivity index (χ1n) is 3.50. The van der Waals surface area contributed by atoms with Gasteiger partial charge in [-0.1, -0.05) is 0 Å². The van der Waals surface area contributed by atoms with Crippen molar-refractivity contribution in [1.82, 2.24) is 0 Å². The Morgan fingerprint density at radius 1 is 1.73 bits per heavy atom. The van der Waals surface area contributed by atoms with Gasteiger partial charge in [0, 0.05) is 0 Å². The number of carbonyl (C=O) groups is 1. The summed E-state index contributed by atoms with van der Waals surface area (Å²) >= 11 is 0. The zero-order chi connectivity index (χ0) is 9.07. The summed E-state index contributed by atoms with van der Waals surface area (Å²) < 4.78 is 12.8. The van der Waals surface area contributed by atoms with Gasteiger partial charge in [0.2, 0.25) is 0 Å². The Kier molecular flexibility index (Phi) is 3.45. The minimum Gasteiger partial charge on any atom is -0.480 e. The van der Waals surface area contributed by atoms with Gasteiger partial charge in [-0.3, -0.25) is 4.79 Å². The molecule has 0 aromatic carbocycles. The van der Waals surface area contributed by atoms with E-state index in [0.717, 1.165) is 0 Å². The second-order valence-corrected chi connectivity index (χ2v) is 3.20. The van der Waals surface area contributed by atoms with Crippen molar-refractivity contribution < 1.29 is 14.3 Å². The Bertz CT molecular complexity index is 142. The second-order valence-electron chi connectivity index (χ2n) is 3.20. The summed E-state index contributed by atoms with van der Waals surface area (Å²) in [6, 6.07) is -0.940. The molecule has 3 N–H and O–H groups in total. The zero-order valence-electron chi connectivity index (χ0n) is 6.80. The van der Waals surface area contributed by atoms with E-state index in [0.29, 0.717) is 0 Å². The fraction of sp³-hybridized carbons (Fsp3) is 0.857. The van der Waals surface area contributed by atoms with E-state index < -0.39 is 17.7 Å². The first-order valence-corrected chi connectivity index (χ1v) is 3.50. The Balaban J connectivity index is 3.63. The van der Waals surface area contributed by atoms with Gasteiger partial charge in [-0.25, -0.2) is 4.39 Å². The van der Waals surface area contributed by atoms with Gasteiger partial charge in [-0.2, -0.15) is 0 Å². The highest BCUT2D eigenvalue weighted by atomic mass is 19.1. The first kappa shape index (κ1) is 10.4. The summed E-state index contributed by atoms with van der Waals surface area (Å²) in [4.78, 5) is 10.2. The molecule has 0 amide bonds. The van der Waals surface area contributed by atoms with Crippen LogP contribution in [0.15, 0.2) is 0 Å². The van der Waals surface area contributed by atoms with Crippen LogP contribution >= 0.6 is 0 Å². The number of rotatable bonds is 4. The van der Waals surface area contributed by atoms with Gasteiger partial charge in [0.15, 0.2) is 0 Å². The number of hydrogen-bond acceptors (Lipinski definition) is 2. The Labute approximate surface area is 65.4 Å². The van der Waals surface area contributed by atoms with Crippen LogP contribution in [0.25, 0.3) is 0 Å². The largest absolute Gasteiger partial charge is 0.480 e. The number of carboxylic acids is 1. The maximum Gasteiger partial charge on any atom is 0.320 e. The van der Waals surface area contributed by atoms with Gasteiger partial charge in [0.25, 0.3) is 0 Å². The summed E-state index contributed by atoms with van der Waals surface area (Å²) in [5, 5.41) is 8.33. The molecule has 0 radical (unpaired) electrons. The Morgan fingerprint density at radius 3 is 2.45 bits per heavy atom. The van der Waals surface area contributed by atoms with Gasteiger partial charge in [-0.15, -0.1) is 0 Å². The SMILES string of the molecule is CC(C)(F)CC[C@@H](N)C(=O)O. The molecule has 0 rings (SSSR count). The van der Waals surface area contributed by atoms with Gasteiger partial charge in [0.1, 0.15) is 11.7 Å². The van der Waals surface area contributed by atoms with Gasteiger partial charge >= 0.3 is 5.97 Å². The van der Waals surface area contributed by atoms with Crippen molar-refractivity contribution in [2.75, 3.05) is 0 Å². The van der Waals surface area contributed by atoms with E-state index in [-0.39, 0.29) is 12.8 Å². The van der Waals surface area contributed by atoms with Crippen molar-refractivity contribution in [3.63, 3.8) is 0 Å². The average molecular weight is 163 g/mol. The van der Waals surface area contributed by atoms with Crippen LogP contribution in [0.1, 0.15) is 26.7 Å². The molecule has 0 fully saturated rings. The highest BCUT2D eigenvalue weighted by Gasteiger charge is 2.19. The molecule has 0 aliphatic rings. The van der Waals surface area contributed by atoms with Crippen LogP contribution in [0, 0.1) is 0 Å². The van der Waals surface area contributed by atoms with Crippen molar-refractivity contribution >= 4 is 5.97 Å². The molecule has 0 unspecified atom stereocenters. The Hall–Kier alpha value is -0.640. The normalized spacial score (nSPS) is 14.5. The van der Waals surface area contributed by atoms with Gasteiger partial charge < -0.3 is 10.8 Å². The number of aliphatic carboxylic acids is 1. The second kappa shape index (κ2) is 3.67. The van der Waals surface area contributed by atoms with Crippen molar-refractivity contribution in [3.05, 3.63) is 0 Å². The van der Waals surface area contributed by atoms with Crippen molar-refractivity contribution in [2.45, 2.75) is 38.4 Å². The molecular formula is C7H14FNO2. The predicted octanol–water partition coefficient (Wildman–Crippen LogP) is 0.927. The fourth-order valence-corrected chi connectivity index (χ4v) is 0.622. The molecule has 0 bridgehead atoms. The molecule has 0 aliphatic heterocycles. The van der Waals surface area contributed by atoms with E-state index in [2.05, 4.69) is 0 Å². The van der Waals surface area contributed by atoms with E-state index >= 15 is 0 Å². The molecule has 3 nitrogen and oxygen atoms in total. The van der Waals surface area contributed by atoms with Crippen LogP contribution < -0.4 is 5.73 Å². The number of hydrogen-bond donors (Lipinski definition) is 2. The van der Waals surface area contributed by atoms with Crippen molar-refractivity contribution in [3.8, 4) is 0 Å². The highest BCUT2D eigenvalue weighted by Crippen LogP contribution is 2.16. The smallest absolute Gasteiger partial charge is 0.320 e. The molecule has 0 aromatic heterocycles. The predicted molar refractivity (Wildman–Crippen MR) is 40.0 cm³/mol. The highest BCUT2D eigenvalue weighted by molar-refractivity contribution is 5.72. The van der Waals surface area contributed by atoms with Crippen molar-refractivity contribution in [1.29, 1.82) is 0 Å². The van der Waals surface area contributed by atoms with Crippen LogP contribution in [0.4, 0.5) is 4.39 Å². The topological polar surface area (TPSA) is 63.3 Å². The number of carboxylic acid groups (broad SMARTS) is 1. The maximum absolute atomic E-state index is 12.8. The molecule has 66 valence electrons. The molecule has 0 spiro atoms. The molecule has 0 saturated heterocycles. The summed E-state index contributed by atoms with van der Waals surface area (Å²) in [6.45, 7) is 2.81. The van der Waals surface area contributed by atoms with Crippen molar-refractivity contribution in [2.24, 2.45) is 5.73 Å². The molecule has 11 heavy (non-hydrogen) atoms. The number of nitrogens with two attached hydrogens (primary N) is 1. The lowest BCUT2D eigenvalue weighted by Crippen LogP contribution is -2.31. The average Bonchev–Trinajstić information content (AvgIpc) is 1.80. The molecular weight excluding hydrogens is 149 g/mol. The quantitative estimate of drug-likeness (QED) is 0.648. The third kappa shape index (κ3) is 5.79. The number of halogens is 1. The molecule has 1 atom stereocenters. The monoisotopic (exact) mass is 163 g/mol. The van der Waals surface area contributed by atoms with Crippen LogP contribution in [0.3, 0.4) is 0 Å². The van der Waals surface area contributed by atoms with Gasteiger partial charge in [-0.05, 0) is 26.7 Å². The summed E-state index contributed by atoms with van der Waals surface area (Å²) in [5.41, 5.74) is 3.83. The van der Waals surface area contributed by atoms with Crippen LogP contribution in [-0.2, 0) is 4.79 Å². The standard InChI is InChI=1S/C7H14FNO2/c1-7(2,8)4-3-5(9)6(10)11/h5H,3-4,9H2,1-2H3,(H,10,11)/t5-/m1/s1. The van der Waals surface area contributed by atoms with Crippen LogP contribution in [0.5, 0.6) is 0 Å². The lowest BCUT2D eigenvalue weighted by atomic mass is 10.0. The number of alkyl halides is 1. The maximum atomic E-state index is 12.8. The van der Waals surface area contributed by atoms with E-state index in [1.165, 1.54) is 13.8 Å². The molecule has 0 aliphatic carbocycles. The van der Waals surface area contributed by atoms with E-state index in [1.54, 1.807) is 0 Å². The van der Waals surface area contributed by atoms with E-state index in [4.69, 9.17) is 10.8 Å². The lowest BCUT2D eigenvalue weighted by Gasteiger charge is -2.14. The fourth-order valence-electron chi connectivity index (χ4n) is 0.622. The molecule has 0 aromatic rings. The van der Waals surface area contributed by atoms with E-state index in [1.807, 2.05) is 0 Å². The summed E-state index contributed by atoms with van der Waals surface area (Å²) in [7, 11) is 0. The minimum absolute atomic E-state index is 0.179. The minimum atomic E-state index is -1.33. The van der Waals surface area contributed by atoms with Gasteiger partial charge in [0.05, 0.1) is 0 Å². The van der Waals surface area contributed by atoms with Crippen LogP contribution in [0.2, 0.25) is 0 Å². The molecule has 0 saturated carbocycles. The third-order valence-corrected chi connectivity index (χ3v) is 1.37. The summed E-state index contributed by atoms with van der Waals surface area (Å²) in [6.07, 6.45) is 0.360. The first-order chi connectivity index (χ1) is 4.83. The third-order valence-electron chi connectivity index (χ3n) is 1.37. The Morgan fingerprint density at radius 2 is 2.18 bits per heavy atom.